The van der Waals surface area contributed by atoms with Gasteiger partial charge in [0, 0.05) is 29.1 Å². The minimum atomic E-state index is -0.754. The van der Waals surface area contributed by atoms with Gasteiger partial charge in [0.2, 0.25) is 0 Å². The zero-order valence-corrected chi connectivity index (χ0v) is 16.8. The van der Waals surface area contributed by atoms with Gasteiger partial charge >= 0.3 is 11.7 Å². The number of carbonyl (C=O) groups is 2. The fraction of sp³-hybridized carbons (Fsp3) is 0.368. The molecule has 0 saturated heterocycles. The van der Waals surface area contributed by atoms with Crippen LogP contribution in [0.4, 0.5) is 11.4 Å². The van der Waals surface area contributed by atoms with Gasteiger partial charge in [-0.05, 0) is 38.8 Å². The average Bonchev–Trinajstić information content (AvgIpc) is 2.95. The first kappa shape index (κ1) is 21.9. The number of hydrogen-bond donors (Lipinski definition) is 3. The Balaban J connectivity index is 2.08. The Morgan fingerprint density at radius 3 is 2.48 bits per heavy atom. The van der Waals surface area contributed by atoms with Crippen molar-refractivity contribution in [2.24, 2.45) is 0 Å². The van der Waals surface area contributed by atoms with Crippen LogP contribution >= 0.6 is 0 Å². The lowest BCUT2D eigenvalue weighted by molar-refractivity contribution is -0.385. The summed E-state index contributed by atoms with van der Waals surface area (Å²) in [6, 6.07) is 2.61. The number of benzene rings is 1. The molecule has 3 N–H and O–H groups in total. The van der Waals surface area contributed by atoms with Gasteiger partial charge in [0.05, 0.1) is 18.1 Å². The molecule has 10 nitrogen and oxygen atoms in total. The molecule has 2 aromatic rings. The highest BCUT2D eigenvalue weighted by Crippen LogP contribution is 2.32. The Morgan fingerprint density at radius 2 is 1.97 bits per heavy atom. The molecule has 1 atom stereocenters. The number of aryl methyl sites for hydroxylation is 2. The minimum Gasteiger partial charge on any atom is -0.490 e. The smallest absolute Gasteiger partial charge is 0.355 e. The van der Waals surface area contributed by atoms with Crippen LogP contribution in [0.5, 0.6) is 5.75 Å². The molecule has 0 saturated carbocycles. The number of nitrogens with zero attached hydrogens (tertiary/aromatic N) is 1. The van der Waals surface area contributed by atoms with E-state index >= 15 is 0 Å². The van der Waals surface area contributed by atoms with Crippen molar-refractivity contribution in [3.8, 4) is 5.75 Å². The highest BCUT2D eigenvalue weighted by atomic mass is 16.6. The fourth-order valence-corrected chi connectivity index (χ4v) is 3.10. The van der Waals surface area contributed by atoms with Crippen molar-refractivity contribution in [3.05, 3.63) is 50.3 Å². The number of rotatable bonds is 7. The van der Waals surface area contributed by atoms with E-state index in [1.54, 1.807) is 27.7 Å². The van der Waals surface area contributed by atoms with E-state index in [9.17, 15) is 24.8 Å². The number of hydrogen-bond acceptors (Lipinski definition) is 7. The van der Waals surface area contributed by atoms with Gasteiger partial charge in [-0.1, -0.05) is 0 Å². The maximum absolute atomic E-state index is 12.3. The average molecular weight is 405 g/mol. The molecule has 156 valence electrons. The number of carbonyl (C=O) groups excluding carboxylic acids is 2. The summed E-state index contributed by atoms with van der Waals surface area (Å²) in [6.45, 7) is 6.03. The quantitative estimate of drug-likeness (QED) is 0.365. The van der Waals surface area contributed by atoms with Gasteiger partial charge < -0.3 is 24.9 Å². The molecule has 0 spiro atoms. The summed E-state index contributed by atoms with van der Waals surface area (Å²) in [6.07, 6.45) is -0.754. The lowest BCUT2D eigenvalue weighted by Gasteiger charge is -2.11. The molecule has 10 heteroatoms. The van der Waals surface area contributed by atoms with Gasteiger partial charge in [0.1, 0.15) is 5.69 Å². The molecule has 0 fully saturated rings. The highest BCUT2D eigenvalue weighted by Gasteiger charge is 2.22. The second-order valence-electron chi connectivity index (χ2n) is 6.56. The van der Waals surface area contributed by atoms with E-state index in [4.69, 9.17) is 9.47 Å². The lowest BCUT2D eigenvalue weighted by atomic mass is 10.1. The Hall–Kier alpha value is -3.40. The van der Waals surface area contributed by atoms with Gasteiger partial charge in [-0.3, -0.25) is 14.9 Å². The fourth-order valence-electron chi connectivity index (χ4n) is 3.10. The topological polar surface area (TPSA) is 144 Å². The molecule has 1 amide bonds. The van der Waals surface area contributed by atoms with E-state index in [1.165, 1.54) is 19.2 Å². The van der Waals surface area contributed by atoms with Crippen molar-refractivity contribution in [2.75, 3.05) is 19.0 Å². The first-order chi connectivity index (χ1) is 13.6. The number of aromatic amines is 1. The molecule has 0 radical (unpaired) electrons. The van der Waals surface area contributed by atoms with E-state index in [2.05, 4.69) is 10.3 Å². The predicted octanol–water partition coefficient (Wildman–Crippen LogP) is 2.71. The normalized spacial score (nSPS) is 11.7. The van der Waals surface area contributed by atoms with Gasteiger partial charge in [-0.15, -0.1) is 0 Å². The van der Waals surface area contributed by atoms with E-state index < -0.39 is 29.5 Å². The van der Waals surface area contributed by atoms with Crippen molar-refractivity contribution in [2.45, 2.75) is 33.8 Å². The van der Waals surface area contributed by atoms with Crippen LogP contribution in [0.3, 0.4) is 0 Å². The van der Waals surface area contributed by atoms with E-state index in [-0.39, 0.29) is 17.1 Å². The lowest BCUT2D eigenvalue weighted by Crippen LogP contribution is -2.22. The molecule has 0 aliphatic rings. The van der Waals surface area contributed by atoms with Crippen molar-refractivity contribution in [1.82, 2.24) is 4.98 Å². The summed E-state index contributed by atoms with van der Waals surface area (Å²) in [5.74, 6) is -1.35. The van der Waals surface area contributed by atoms with Gasteiger partial charge in [0.25, 0.3) is 5.91 Å². The molecule has 29 heavy (non-hydrogen) atoms. The van der Waals surface area contributed by atoms with E-state index in [0.29, 0.717) is 28.1 Å². The summed E-state index contributed by atoms with van der Waals surface area (Å²) in [7, 11) is 1.28. The number of esters is 1. The van der Waals surface area contributed by atoms with Gasteiger partial charge in [-0.25, -0.2) is 4.79 Å². The zero-order chi connectivity index (χ0) is 21.9. The minimum absolute atomic E-state index is 0.00367. The number of methoxy groups -OCH3 is 1. The Morgan fingerprint density at radius 1 is 1.31 bits per heavy atom. The van der Waals surface area contributed by atoms with Crippen molar-refractivity contribution < 1.29 is 29.1 Å². The monoisotopic (exact) mass is 405 g/mol. The second-order valence-corrected chi connectivity index (χ2v) is 6.56. The third kappa shape index (κ3) is 4.72. The maximum Gasteiger partial charge on any atom is 0.355 e. The molecule has 1 aromatic carbocycles. The highest BCUT2D eigenvalue weighted by molar-refractivity contribution is 5.96. The summed E-state index contributed by atoms with van der Waals surface area (Å²) in [5.41, 5.74) is 2.50. The third-order valence-electron chi connectivity index (χ3n) is 4.45. The molecule has 2 rings (SSSR count). The summed E-state index contributed by atoms with van der Waals surface area (Å²) >= 11 is 0. The van der Waals surface area contributed by atoms with Crippen LogP contribution in [0.1, 0.15) is 45.9 Å². The van der Waals surface area contributed by atoms with Crippen LogP contribution in [-0.4, -0.2) is 40.6 Å². The molecule has 0 aliphatic carbocycles. The Kier molecular flexibility index (Phi) is 6.60. The number of amides is 1. The molecule has 1 aromatic heterocycles. The second kappa shape index (κ2) is 8.74. The number of H-pyrrole nitrogens is 1. The van der Waals surface area contributed by atoms with Gasteiger partial charge in [-0.2, -0.15) is 0 Å². The van der Waals surface area contributed by atoms with E-state index in [0.717, 1.165) is 0 Å². The van der Waals surface area contributed by atoms with Crippen molar-refractivity contribution >= 4 is 23.3 Å². The van der Waals surface area contributed by atoms with Crippen LogP contribution in [0.15, 0.2) is 12.1 Å². The Bertz CT molecular complexity index is 963. The first-order valence-electron chi connectivity index (χ1n) is 8.73. The molecular weight excluding hydrogens is 382 g/mol. The zero-order valence-electron chi connectivity index (χ0n) is 16.8. The third-order valence-corrected chi connectivity index (χ3v) is 4.45. The van der Waals surface area contributed by atoms with Crippen LogP contribution < -0.4 is 10.1 Å². The predicted molar refractivity (Wildman–Crippen MR) is 104 cm³/mol. The number of aliphatic hydroxyl groups excluding tert-OH is 1. The number of ether oxygens (including phenoxy) is 2. The molecule has 0 bridgehead atoms. The molecule has 0 unspecified atom stereocenters. The number of nitro benzene ring substituents is 1. The van der Waals surface area contributed by atoms with Crippen LogP contribution in [0.25, 0.3) is 0 Å². The van der Waals surface area contributed by atoms with Crippen LogP contribution in [0.2, 0.25) is 0 Å². The van der Waals surface area contributed by atoms with Crippen molar-refractivity contribution in [1.29, 1.82) is 0 Å². The van der Waals surface area contributed by atoms with Crippen LogP contribution in [-0.2, 0) is 9.53 Å². The largest absolute Gasteiger partial charge is 0.490 e. The summed E-state index contributed by atoms with van der Waals surface area (Å²) in [4.78, 5) is 37.8. The number of aromatic nitrogens is 1. The number of aliphatic hydroxyl groups is 1. The van der Waals surface area contributed by atoms with Gasteiger partial charge in [0.15, 0.2) is 12.4 Å². The number of nitro groups is 1. The SMILES string of the molecule is COc1cc(NC(=O)COC(=O)c2[nH]c(C)c([C@@H](C)O)c2C)c(C)cc1[N+](=O)[O-]. The first-order valence-corrected chi connectivity index (χ1v) is 8.73. The number of anilines is 1. The summed E-state index contributed by atoms with van der Waals surface area (Å²) < 4.78 is 10.0. The molecule has 0 aliphatic heterocycles. The number of nitrogens with one attached hydrogen (secondary N) is 2. The van der Waals surface area contributed by atoms with E-state index in [1.807, 2.05) is 0 Å². The maximum atomic E-state index is 12.3. The molecule has 1 heterocycles. The van der Waals surface area contributed by atoms with Crippen molar-refractivity contribution in [3.63, 3.8) is 0 Å². The van der Waals surface area contributed by atoms with Crippen LogP contribution in [0, 0.1) is 30.9 Å². The Labute approximate surface area is 167 Å². The molecular formula is C19H23N3O7. The summed E-state index contributed by atoms with van der Waals surface area (Å²) in [5, 5.41) is 23.4. The standard InChI is InChI=1S/C19H23N3O7/c1-9-6-14(22(26)27)15(28-5)7-13(9)21-16(24)8-29-19(25)18-10(2)17(12(4)23)11(3)20-18/h6-7,12,20,23H,8H2,1-5H3,(H,21,24)/t12-/m1/s1.